The zero-order valence-electron chi connectivity index (χ0n) is 30.3. The van der Waals surface area contributed by atoms with Crippen LogP contribution < -0.4 is 0 Å². The van der Waals surface area contributed by atoms with E-state index in [9.17, 15) is 0 Å². The van der Waals surface area contributed by atoms with Crippen molar-refractivity contribution in [1.29, 1.82) is 0 Å². The number of para-hydroxylation sites is 3. The highest BCUT2D eigenvalue weighted by molar-refractivity contribution is 6.11. The van der Waals surface area contributed by atoms with Crippen LogP contribution in [-0.2, 0) is 0 Å². The minimum Gasteiger partial charge on any atom is -0.309 e. The van der Waals surface area contributed by atoms with Gasteiger partial charge in [-0.1, -0.05) is 158 Å². The van der Waals surface area contributed by atoms with Crippen molar-refractivity contribution in [3.63, 3.8) is 0 Å². The Labute approximate surface area is 323 Å². The molecule has 0 aliphatic carbocycles. The third-order valence-corrected chi connectivity index (χ3v) is 10.8. The molecule has 11 aromatic rings. The Morgan fingerprint density at radius 3 is 1.34 bits per heavy atom. The summed E-state index contributed by atoms with van der Waals surface area (Å²) >= 11 is 0. The fourth-order valence-electron chi connectivity index (χ4n) is 8.13. The summed E-state index contributed by atoms with van der Waals surface area (Å²) in [6.07, 6.45) is 0. The van der Waals surface area contributed by atoms with Crippen LogP contribution in [0.4, 0.5) is 0 Å². The lowest BCUT2D eigenvalue weighted by Crippen LogP contribution is -2.06. The van der Waals surface area contributed by atoms with E-state index >= 15 is 0 Å². The van der Waals surface area contributed by atoms with E-state index in [0.29, 0.717) is 17.6 Å². The van der Waals surface area contributed by atoms with Gasteiger partial charge in [-0.3, -0.25) is 4.57 Å². The largest absolute Gasteiger partial charge is 0.309 e. The molecule has 0 amide bonds. The first-order chi connectivity index (χ1) is 27.8. The van der Waals surface area contributed by atoms with Crippen LogP contribution in [0.3, 0.4) is 0 Å². The van der Waals surface area contributed by atoms with E-state index in [1.54, 1.807) is 0 Å². The SMILES string of the molecule is c1ccc(-c2nc(-c3ccccc3)nc(-n3c4ccccc4c4cc(-c5ccc(-c6ccc7c8ccccc8n(-c8ccccc8)c7c6)cc5)ccc43)n2)cc1. The molecule has 0 N–H and O–H groups in total. The van der Waals surface area contributed by atoms with Crippen molar-refractivity contribution >= 4 is 43.6 Å². The molecule has 0 spiro atoms. The molecule has 0 fully saturated rings. The van der Waals surface area contributed by atoms with Crippen LogP contribution in [0, 0.1) is 0 Å². The number of aromatic nitrogens is 5. The minimum absolute atomic E-state index is 0.587. The van der Waals surface area contributed by atoms with E-state index < -0.39 is 0 Å². The van der Waals surface area contributed by atoms with Crippen molar-refractivity contribution < 1.29 is 0 Å². The van der Waals surface area contributed by atoms with Gasteiger partial charge in [0.25, 0.3) is 0 Å². The molecule has 3 heterocycles. The molecule has 8 aromatic carbocycles. The van der Waals surface area contributed by atoms with E-state index in [-0.39, 0.29) is 0 Å². The molecule has 0 atom stereocenters. The first kappa shape index (κ1) is 31.9. The summed E-state index contributed by atoms with van der Waals surface area (Å²) in [6.45, 7) is 0. The average molecular weight is 716 g/mol. The number of hydrogen-bond donors (Lipinski definition) is 0. The standard InChI is InChI=1S/C51H33N5/c1-4-14-36(15-5-1)49-52-50(37-16-6-2-7-17-37)54-51(53-49)56-46-23-13-11-21-42(46)44-32-38(29-31-47(44)56)34-24-26-35(27-25-34)39-28-30-43-41-20-10-12-22-45(41)55(48(43)33-39)40-18-8-3-9-19-40/h1-33H. The van der Waals surface area contributed by atoms with Crippen molar-refractivity contribution in [2.75, 3.05) is 0 Å². The Hall–Kier alpha value is -7.63. The topological polar surface area (TPSA) is 48.5 Å². The summed E-state index contributed by atoms with van der Waals surface area (Å²) in [7, 11) is 0. The predicted octanol–water partition coefficient (Wildman–Crippen LogP) is 12.7. The second-order valence-electron chi connectivity index (χ2n) is 14.1. The second-order valence-corrected chi connectivity index (χ2v) is 14.1. The van der Waals surface area contributed by atoms with Gasteiger partial charge in [0.15, 0.2) is 11.6 Å². The molecule has 0 aliphatic rings. The van der Waals surface area contributed by atoms with Gasteiger partial charge in [-0.15, -0.1) is 0 Å². The van der Waals surface area contributed by atoms with E-state index in [2.05, 4.69) is 149 Å². The predicted molar refractivity (Wildman–Crippen MR) is 230 cm³/mol. The molecular formula is C51H33N5. The molecule has 0 radical (unpaired) electrons. The van der Waals surface area contributed by atoms with Crippen LogP contribution in [-0.4, -0.2) is 24.1 Å². The van der Waals surface area contributed by atoms with Gasteiger partial charge in [-0.25, -0.2) is 4.98 Å². The van der Waals surface area contributed by atoms with Crippen LogP contribution in [0.25, 0.3) is 100 Å². The monoisotopic (exact) mass is 715 g/mol. The zero-order valence-corrected chi connectivity index (χ0v) is 30.3. The van der Waals surface area contributed by atoms with Crippen LogP contribution in [0.2, 0.25) is 0 Å². The molecule has 0 aliphatic heterocycles. The Bertz CT molecular complexity index is 3160. The van der Waals surface area contributed by atoms with Crippen LogP contribution >= 0.6 is 0 Å². The highest BCUT2D eigenvalue weighted by atomic mass is 15.2. The van der Waals surface area contributed by atoms with Gasteiger partial charge in [-0.2, -0.15) is 9.97 Å². The fraction of sp³-hybridized carbons (Fsp3) is 0. The Kier molecular flexibility index (Phi) is 7.42. The molecule has 11 rings (SSSR count). The smallest absolute Gasteiger partial charge is 0.238 e. The number of benzene rings is 8. The molecule has 0 saturated heterocycles. The highest BCUT2D eigenvalue weighted by Gasteiger charge is 2.19. The number of rotatable bonds is 6. The van der Waals surface area contributed by atoms with E-state index in [0.717, 1.165) is 49.7 Å². The average Bonchev–Trinajstić information content (AvgIpc) is 3.79. The van der Waals surface area contributed by atoms with Crippen molar-refractivity contribution in [3.05, 3.63) is 200 Å². The van der Waals surface area contributed by atoms with Gasteiger partial charge in [-0.05, 0) is 64.7 Å². The summed E-state index contributed by atoms with van der Waals surface area (Å²) < 4.78 is 4.54. The van der Waals surface area contributed by atoms with Crippen LogP contribution in [0.1, 0.15) is 0 Å². The lowest BCUT2D eigenvalue weighted by Gasteiger charge is -2.11. The lowest BCUT2D eigenvalue weighted by atomic mass is 9.98. The maximum absolute atomic E-state index is 5.08. The maximum Gasteiger partial charge on any atom is 0.238 e. The number of hydrogen-bond acceptors (Lipinski definition) is 3. The third kappa shape index (κ3) is 5.29. The Morgan fingerprint density at radius 2 is 0.714 bits per heavy atom. The first-order valence-corrected chi connectivity index (χ1v) is 18.9. The molecule has 56 heavy (non-hydrogen) atoms. The van der Waals surface area contributed by atoms with Gasteiger partial charge in [0.1, 0.15) is 0 Å². The molecule has 5 nitrogen and oxygen atoms in total. The van der Waals surface area contributed by atoms with E-state index in [1.165, 1.54) is 32.9 Å². The summed E-state index contributed by atoms with van der Waals surface area (Å²) in [6, 6.07) is 70.5. The van der Waals surface area contributed by atoms with E-state index in [4.69, 9.17) is 15.0 Å². The molecule has 0 bridgehead atoms. The Balaban J connectivity index is 1.01. The fourth-order valence-corrected chi connectivity index (χ4v) is 8.13. The highest BCUT2D eigenvalue weighted by Crippen LogP contribution is 2.37. The minimum atomic E-state index is 0.587. The van der Waals surface area contributed by atoms with Crippen molar-refractivity contribution in [1.82, 2.24) is 24.1 Å². The maximum atomic E-state index is 5.08. The van der Waals surface area contributed by atoms with Gasteiger partial charge in [0.05, 0.1) is 22.1 Å². The number of fused-ring (bicyclic) bond motifs is 6. The number of nitrogens with zero attached hydrogens (tertiary/aromatic N) is 5. The first-order valence-electron chi connectivity index (χ1n) is 18.9. The van der Waals surface area contributed by atoms with Gasteiger partial charge >= 0.3 is 0 Å². The van der Waals surface area contributed by atoms with Crippen molar-refractivity contribution in [3.8, 4) is 56.7 Å². The quantitative estimate of drug-likeness (QED) is 0.172. The molecule has 5 heteroatoms. The Morgan fingerprint density at radius 1 is 0.268 bits per heavy atom. The lowest BCUT2D eigenvalue weighted by molar-refractivity contribution is 0.953. The van der Waals surface area contributed by atoms with Gasteiger partial charge < -0.3 is 4.57 Å². The van der Waals surface area contributed by atoms with Crippen molar-refractivity contribution in [2.24, 2.45) is 0 Å². The summed E-state index contributed by atoms with van der Waals surface area (Å²) in [5, 5.41) is 4.80. The normalized spacial score (nSPS) is 11.6. The third-order valence-electron chi connectivity index (χ3n) is 10.8. The van der Waals surface area contributed by atoms with Crippen molar-refractivity contribution in [2.45, 2.75) is 0 Å². The zero-order chi connectivity index (χ0) is 37.0. The van der Waals surface area contributed by atoms with Gasteiger partial charge in [0.2, 0.25) is 5.95 Å². The molecule has 3 aromatic heterocycles. The van der Waals surface area contributed by atoms with Gasteiger partial charge in [0, 0.05) is 38.4 Å². The molecular weight excluding hydrogens is 683 g/mol. The summed E-state index contributed by atoms with van der Waals surface area (Å²) in [5.41, 5.74) is 12.2. The van der Waals surface area contributed by atoms with E-state index in [1.807, 2.05) is 60.7 Å². The molecule has 262 valence electrons. The molecule has 0 saturated carbocycles. The van der Waals surface area contributed by atoms with Crippen LogP contribution in [0.15, 0.2) is 200 Å². The molecule has 0 unspecified atom stereocenters. The van der Waals surface area contributed by atoms with Crippen LogP contribution in [0.5, 0.6) is 0 Å². The summed E-state index contributed by atoms with van der Waals surface area (Å²) in [5.74, 6) is 1.86. The summed E-state index contributed by atoms with van der Waals surface area (Å²) in [4.78, 5) is 15.1. The second kappa shape index (κ2) is 13.0.